The maximum absolute atomic E-state index is 12.0. The lowest BCUT2D eigenvalue weighted by Gasteiger charge is -2.12. The molecule has 1 aromatic carbocycles. The fraction of sp³-hybridized carbons (Fsp3) is 0.333. The van der Waals surface area contributed by atoms with Crippen LogP contribution in [0.5, 0.6) is 11.5 Å². The molecule has 0 heterocycles. The molecule has 0 radical (unpaired) electrons. The monoisotopic (exact) mass is 256 g/mol. The van der Waals surface area contributed by atoms with Crippen molar-refractivity contribution < 1.29 is 18.3 Å². The molecule has 0 aromatic heterocycles. The maximum Gasteiger partial charge on any atom is 0.387 e. The highest BCUT2D eigenvalue weighted by atomic mass is 35.5. The third-order valence-electron chi connectivity index (χ3n) is 1.48. The molecule has 0 aliphatic rings. The molecule has 0 atom stereocenters. The minimum Gasteiger partial charge on any atom is -0.488 e. The van der Waals surface area contributed by atoms with Gasteiger partial charge in [-0.3, -0.25) is 0 Å². The van der Waals surface area contributed by atoms with Crippen LogP contribution in [0.1, 0.15) is 6.92 Å². The summed E-state index contributed by atoms with van der Waals surface area (Å²) in [5, 5.41) is 0.346. The van der Waals surface area contributed by atoms with Gasteiger partial charge in [0.05, 0.1) is 11.6 Å². The van der Waals surface area contributed by atoms with E-state index in [1.54, 1.807) is 6.92 Å². The van der Waals surface area contributed by atoms with Gasteiger partial charge in [0, 0.05) is 11.1 Å². The van der Waals surface area contributed by atoms with E-state index in [2.05, 4.69) is 4.74 Å². The van der Waals surface area contributed by atoms with Crippen molar-refractivity contribution >= 4 is 23.2 Å². The van der Waals surface area contributed by atoms with Crippen LogP contribution in [0.4, 0.5) is 8.78 Å². The van der Waals surface area contributed by atoms with Gasteiger partial charge >= 0.3 is 6.61 Å². The van der Waals surface area contributed by atoms with Crippen LogP contribution < -0.4 is 9.47 Å². The molecule has 0 aliphatic carbocycles. The highest BCUT2D eigenvalue weighted by Crippen LogP contribution is 2.38. The Hall–Kier alpha value is -0.740. The van der Waals surface area contributed by atoms with Crippen molar-refractivity contribution in [1.82, 2.24) is 0 Å². The molecule has 0 unspecified atom stereocenters. The van der Waals surface area contributed by atoms with E-state index < -0.39 is 6.61 Å². The quantitative estimate of drug-likeness (QED) is 0.811. The Labute approximate surface area is 95.7 Å². The van der Waals surface area contributed by atoms with E-state index >= 15 is 0 Å². The van der Waals surface area contributed by atoms with E-state index in [0.717, 1.165) is 0 Å². The number of benzene rings is 1. The molecule has 0 saturated heterocycles. The maximum atomic E-state index is 12.0. The van der Waals surface area contributed by atoms with Crippen LogP contribution in [0.2, 0.25) is 10.0 Å². The molecule has 1 aromatic rings. The summed E-state index contributed by atoms with van der Waals surface area (Å²) in [6, 6.07) is 2.62. The average molecular weight is 257 g/mol. The molecule has 84 valence electrons. The lowest BCUT2D eigenvalue weighted by atomic mass is 10.3. The molecule has 0 bridgehead atoms. The van der Waals surface area contributed by atoms with Crippen molar-refractivity contribution in [3.05, 3.63) is 22.2 Å². The summed E-state index contributed by atoms with van der Waals surface area (Å²) in [6.45, 7) is -0.948. The third-order valence-corrected chi connectivity index (χ3v) is 1.98. The summed E-state index contributed by atoms with van der Waals surface area (Å²) >= 11 is 11.4. The number of hydrogen-bond donors (Lipinski definition) is 0. The van der Waals surface area contributed by atoms with Crippen LogP contribution in [0, 0.1) is 0 Å². The fourth-order valence-corrected chi connectivity index (χ4v) is 1.53. The minimum atomic E-state index is -2.95. The van der Waals surface area contributed by atoms with Crippen molar-refractivity contribution in [2.24, 2.45) is 0 Å². The van der Waals surface area contributed by atoms with Crippen molar-refractivity contribution in [2.75, 3.05) is 6.61 Å². The average Bonchev–Trinajstić information content (AvgIpc) is 2.10. The van der Waals surface area contributed by atoms with Gasteiger partial charge in [-0.05, 0) is 13.0 Å². The summed E-state index contributed by atoms with van der Waals surface area (Å²) in [5.41, 5.74) is 0. The van der Waals surface area contributed by atoms with Gasteiger partial charge in [-0.15, -0.1) is 0 Å². The van der Waals surface area contributed by atoms with E-state index in [-0.39, 0.29) is 21.5 Å². The second-order valence-electron chi connectivity index (χ2n) is 2.53. The first-order valence-electron chi connectivity index (χ1n) is 4.11. The van der Waals surface area contributed by atoms with Gasteiger partial charge in [-0.2, -0.15) is 8.78 Å². The van der Waals surface area contributed by atoms with E-state index in [1.807, 2.05) is 0 Å². The Bertz CT molecular complexity index is 345. The predicted octanol–water partition coefficient (Wildman–Crippen LogP) is 3.99. The van der Waals surface area contributed by atoms with E-state index in [9.17, 15) is 8.78 Å². The first kappa shape index (κ1) is 12.3. The van der Waals surface area contributed by atoms with Crippen molar-refractivity contribution in [1.29, 1.82) is 0 Å². The van der Waals surface area contributed by atoms with Gasteiger partial charge in [0.15, 0.2) is 11.5 Å². The first-order valence-corrected chi connectivity index (χ1v) is 4.86. The molecule has 0 spiro atoms. The Morgan fingerprint density at radius 2 is 2.00 bits per heavy atom. The predicted molar refractivity (Wildman–Crippen MR) is 54.3 cm³/mol. The van der Waals surface area contributed by atoms with Gasteiger partial charge in [-0.25, -0.2) is 0 Å². The highest BCUT2D eigenvalue weighted by molar-refractivity contribution is 6.35. The zero-order valence-corrected chi connectivity index (χ0v) is 9.28. The summed E-state index contributed by atoms with van der Waals surface area (Å²) in [6.07, 6.45) is 0. The molecule has 0 fully saturated rings. The largest absolute Gasteiger partial charge is 0.488 e. The molecule has 0 saturated carbocycles. The van der Waals surface area contributed by atoms with Crippen molar-refractivity contribution in [3.63, 3.8) is 0 Å². The smallest absolute Gasteiger partial charge is 0.387 e. The van der Waals surface area contributed by atoms with Gasteiger partial charge in [0.25, 0.3) is 0 Å². The molecule has 0 N–H and O–H groups in total. The molecule has 0 aliphatic heterocycles. The van der Waals surface area contributed by atoms with Crippen LogP contribution in [0.3, 0.4) is 0 Å². The Balaban J connectivity index is 3.08. The van der Waals surface area contributed by atoms with Gasteiger partial charge in [0.2, 0.25) is 0 Å². The lowest BCUT2D eigenvalue weighted by molar-refractivity contribution is -0.0514. The zero-order chi connectivity index (χ0) is 11.4. The van der Waals surface area contributed by atoms with E-state index in [0.29, 0.717) is 6.61 Å². The van der Waals surface area contributed by atoms with Gasteiger partial charge in [0.1, 0.15) is 0 Å². The molecule has 0 amide bonds. The topological polar surface area (TPSA) is 18.5 Å². The second kappa shape index (κ2) is 5.37. The Kier molecular flexibility index (Phi) is 4.42. The zero-order valence-electron chi connectivity index (χ0n) is 7.77. The van der Waals surface area contributed by atoms with Crippen LogP contribution in [0.15, 0.2) is 12.1 Å². The Morgan fingerprint density at radius 1 is 1.33 bits per heavy atom. The minimum absolute atomic E-state index is 0.0730. The fourth-order valence-electron chi connectivity index (χ4n) is 1.00. The molecule has 15 heavy (non-hydrogen) atoms. The van der Waals surface area contributed by atoms with Crippen molar-refractivity contribution in [2.45, 2.75) is 13.5 Å². The molecule has 2 nitrogen and oxygen atoms in total. The number of ether oxygens (including phenoxy) is 2. The standard InChI is InChI=1S/C9H8Cl2F2O2/c1-2-14-8-6(11)3-5(10)4-7(8)15-9(12)13/h3-4,9H,2H2,1H3. The van der Waals surface area contributed by atoms with Crippen molar-refractivity contribution in [3.8, 4) is 11.5 Å². The number of halogens is 4. The van der Waals surface area contributed by atoms with Crippen LogP contribution in [-0.2, 0) is 0 Å². The van der Waals surface area contributed by atoms with Crippen LogP contribution >= 0.6 is 23.2 Å². The molecule has 6 heteroatoms. The number of rotatable bonds is 4. The summed E-state index contributed by atoms with van der Waals surface area (Å²) in [5.74, 6) is -0.0896. The first-order chi connectivity index (χ1) is 7.04. The molecular formula is C9H8Cl2F2O2. The Morgan fingerprint density at radius 3 is 2.53 bits per heavy atom. The SMILES string of the molecule is CCOc1c(Cl)cc(Cl)cc1OC(F)F. The number of hydrogen-bond acceptors (Lipinski definition) is 2. The molecular weight excluding hydrogens is 249 g/mol. The second-order valence-corrected chi connectivity index (χ2v) is 3.37. The van der Waals surface area contributed by atoms with Gasteiger partial charge < -0.3 is 9.47 Å². The van der Waals surface area contributed by atoms with E-state index in [1.165, 1.54) is 12.1 Å². The van der Waals surface area contributed by atoms with E-state index in [4.69, 9.17) is 27.9 Å². The lowest BCUT2D eigenvalue weighted by Crippen LogP contribution is -2.04. The van der Waals surface area contributed by atoms with Crippen LogP contribution in [0.25, 0.3) is 0 Å². The normalized spacial score (nSPS) is 10.5. The summed E-state index contributed by atoms with van der Waals surface area (Å²) < 4.78 is 33.4. The summed E-state index contributed by atoms with van der Waals surface area (Å²) in [4.78, 5) is 0. The molecule has 1 rings (SSSR count). The highest BCUT2D eigenvalue weighted by Gasteiger charge is 2.15. The summed E-state index contributed by atoms with van der Waals surface area (Å²) in [7, 11) is 0. The third kappa shape index (κ3) is 3.39. The van der Waals surface area contributed by atoms with Gasteiger partial charge in [-0.1, -0.05) is 23.2 Å². The van der Waals surface area contributed by atoms with Crippen LogP contribution in [-0.4, -0.2) is 13.2 Å². The number of alkyl halides is 2.